The number of hydrogen-bond donors (Lipinski definition) is 1. The highest BCUT2D eigenvalue weighted by atomic mass is 79.9. The van der Waals surface area contributed by atoms with Crippen molar-refractivity contribution in [3.8, 4) is 0 Å². The minimum absolute atomic E-state index is 0. The lowest BCUT2D eigenvalue weighted by Crippen LogP contribution is -3.00. The summed E-state index contributed by atoms with van der Waals surface area (Å²) >= 11 is 0. The molecule has 1 N–H and O–H groups in total. The number of quaternary nitrogens is 1. The highest BCUT2D eigenvalue weighted by Gasteiger charge is 2.14. The number of halogens is 1. The zero-order valence-electron chi connectivity index (χ0n) is 16.4. The summed E-state index contributed by atoms with van der Waals surface area (Å²) in [6.45, 7) is 9.01. The summed E-state index contributed by atoms with van der Waals surface area (Å²) in [6, 6.07) is 0. The monoisotopic (exact) mass is 404 g/mol. The van der Waals surface area contributed by atoms with Crippen molar-refractivity contribution in [2.24, 2.45) is 0 Å². The molecule has 0 fully saturated rings. The Morgan fingerprint density at radius 3 is 2.21 bits per heavy atom. The van der Waals surface area contributed by atoms with Crippen molar-refractivity contribution in [1.29, 1.82) is 0 Å². The van der Waals surface area contributed by atoms with E-state index in [0.717, 1.165) is 30.4 Å². The number of rotatable bonds is 16. The van der Waals surface area contributed by atoms with Crippen molar-refractivity contribution in [3.05, 3.63) is 12.7 Å². The van der Waals surface area contributed by atoms with Crippen LogP contribution >= 0.6 is 0 Å². The average molecular weight is 405 g/mol. The van der Waals surface area contributed by atoms with E-state index in [1.54, 1.807) is 0 Å². The van der Waals surface area contributed by atoms with Gasteiger partial charge in [0.25, 0.3) is 0 Å². The van der Waals surface area contributed by atoms with Crippen molar-refractivity contribution in [1.82, 2.24) is 5.32 Å². The van der Waals surface area contributed by atoms with Crippen molar-refractivity contribution < 1.29 is 26.3 Å². The van der Waals surface area contributed by atoms with Crippen LogP contribution in [-0.4, -0.2) is 44.1 Å². The summed E-state index contributed by atoms with van der Waals surface area (Å²) in [7, 11) is 4.52. The molecule has 0 aliphatic rings. The van der Waals surface area contributed by atoms with Crippen LogP contribution < -0.4 is 22.3 Å². The Kier molecular flexibility index (Phi) is 18.8. The van der Waals surface area contributed by atoms with Crippen LogP contribution in [0.4, 0.5) is 0 Å². The number of allylic oxidation sites excluding steroid dienone is 1. The van der Waals surface area contributed by atoms with Crippen molar-refractivity contribution in [2.75, 3.05) is 33.7 Å². The van der Waals surface area contributed by atoms with Gasteiger partial charge in [-0.3, -0.25) is 4.79 Å². The molecule has 0 unspecified atom stereocenters. The molecule has 0 bridgehead atoms. The van der Waals surface area contributed by atoms with Crippen LogP contribution in [0.1, 0.15) is 77.6 Å². The van der Waals surface area contributed by atoms with Gasteiger partial charge in [-0.1, -0.05) is 45.1 Å². The molecule has 0 aromatic heterocycles. The van der Waals surface area contributed by atoms with E-state index in [9.17, 15) is 4.79 Å². The zero-order valence-corrected chi connectivity index (χ0v) is 18.0. The Morgan fingerprint density at radius 1 is 0.958 bits per heavy atom. The number of hydrogen-bond acceptors (Lipinski definition) is 1. The maximum absolute atomic E-state index is 11.8. The Balaban J connectivity index is 0. The fourth-order valence-corrected chi connectivity index (χ4v) is 2.77. The van der Waals surface area contributed by atoms with E-state index in [2.05, 4.69) is 32.9 Å². The molecule has 0 aromatic rings. The second kappa shape index (κ2) is 17.5. The van der Waals surface area contributed by atoms with E-state index in [4.69, 9.17) is 0 Å². The fraction of sp³-hybridized carbons (Fsp3) is 0.850. The molecular formula is C20H41BrN2O. The Morgan fingerprint density at radius 2 is 1.58 bits per heavy atom. The summed E-state index contributed by atoms with van der Waals surface area (Å²) in [5.74, 6) is 0.227. The van der Waals surface area contributed by atoms with E-state index in [1.807, 2.05) is 6.08 Å². The summed E-state index contributed by atoms with van der Waals surface area (Å²) in [5.41, 5.74) is 0. The summed E-state index contributed by atoms with van der Waals surface area (Å²) in [5, 5.41) is 3.08. The molecule has 4 heteroatoms. The number of amides is 1. The Labute approximate surface area is 161 Å². The summed E-state index contributed by atoms with van der Waals surface area (Å²) < 4.78 is 1.00. The highest BCUT2D eigenvalue weighted by Crippen LogP contribution is 2.08. The van der Waals surface area contributed by atoms with Gasteiger partial charge in [0.1, 0.15) is 0 Å². The average Bonchev–Trinajstić information content (AvgIpc) is 2.50. The van der Waals surface area contributed by atoms with Gasteiger partial charge in [0.05, 0.1) is 33.7 Å². The minimum atomic E-state index is 0. The number of carbonyl (C=O) groups excluding carboxylic acids is 1. The topological polar surface area (TPSA) is 29.1 Å². The van der Waals surface area contributed by atoms with Crippen LogP contribution in [0.2, 0.25) is 0 Å². The Bertz CT molecular complexity index is 306. The molecule has 0 aliphatic carbocycles. The molecule has 24 heavy (non-hydrogen) atoms. The van der Waals surface area contributed by atoms with Gasteiger partial charge in [-0.25, -0.2) is 0 Å². The standard InChI is InChI=1S/C20H40N2O.BrH/c1-5-7-9-10-11-12-13-14-16-20(23)21-17-19-22(3,4)18-15-8-6-2;/h5H,1,6-19H2,2-4H3;1H. The molecule has 1 amide bonds. The van der Waals surface area contributed by atoms with Gasteiger partial charge < -0.3 is 26.8 Å². The molecule has 0 atom stereocenters. The molecule has 0 heterocycles. The van der Waals surface area contributed by atoms with Gasteiger partial charge in [0, 0.05) is 6.42 Å². The Hall–Kier alpha value is -0.350. The SMILES string of the molecule is C=CCCCCCCCCC(=O)NCC[N+](C)(C)CCCCC.[Br-]. The molecular weight excluding hydrogens is 364 g/mol. The first-order chi connectivity index (χ1) is 11.0. The predicted molar refractivity (Wildman–Crippen MR) is 102 cm³/mol. The number of nitrogens with zero attached hydrogens (tertiary/aromatic N) is 1. The lowest BCUT2D eigenvalue weighted by molar-refractivity contribution is -0.889. The third-order valence-corrected chi connectivity index (χ3v) is 4.47. The smallest absolute Gasteiger partial charge is 0.220 e. The van der Waals surface area contributed by atoms with E-state index in [1.165, 1.54) is 57.9 Å². The first-order valence-corrected chi connectivity index (χ1v) is 9.71. The van der Waals surface area contributed by atoms with Crippen LogP contribution in [0, 0.1) is 0 Å². The number of carbonyl (C=O) groups is 1. The lowest BCUT2D eigenvalue weighted by atomic mass is 10.1. The molecule has 3 nitrogen and oxygen atoms in total. The molecule has 0 radical (unpaired) electrons. The first-order valence-electron chi connectivity index (χ1n) is 9.71. The molecule has 0 rings (SSSR count). The molecule has 0 spiro atoms. The third kappa shape index (κ3) is 18.0. The molecule has 0 saturated carbocycles. The van der Waals surface area contributed by atoms with Crippen molar-refractivity contribution in [2.45, 2.75) is 77.6 Å². The molecule has 0 aliphatic heterocycles. The van der Waals surface area contributed by atoms with Gasteiger partial charge in [-0.2, -0.15) is 0 Å². The fourth-order valence-electron chi connectivity index (χ4n) is 2.77. The second-order valence-electron chi connectivity index (χ2n) is 7.39. The number of nitrogens with one attached hydrogen (secondary N) is 1. The third-order valence-electron chi connectivity index (χ3n) is 4.47. The quantitative estimate of drug-likeness (QED) is 0.236. The number of unbranched alkanes of at least 4 members (excludes halogenated alkanes) is 8. The zero-order chi connectivity index (χ0) is 17.4. The maximum Gasteiger partial charge on any atom is 0.220 e. The van der Waals surface area contributed by atoms with E-state index >= 15 is 0 Å². The van der Waals surface area contributed by atoms with Crippen LogP contribution in [0.5, 0.6) is 0 Å². The number of likely N-dealkylation sites (N-methyl/N-ethyl adjacent to an activating group) is 1. The van der Waals surface area contributed by atoms with Gasteiger partial charge >= 0.3 is 0 Å². The van der Waals surface area contributed by atoms with Crippen molar-refractivity contribution in [3.63, 3.8) is 0 Å². The van der Waals surface area contributed by atoms with Gasteiger partial charge in [-0.05, 0) is 32.1 Å². The van der Waals surface area contributed by atoms with Gasteiger partial charge in [0.2, 0.25) is 5.91 Å². The van der Waals surface area contributed by atoms with E-state index < -0.39 is 0 Å². The van der Waals surface area contributed by atoms with E-state index in [0.29, 0.717) is 6.42 Å². The van der Waals surface area contributed by atoms with Crippen LogP contribution in [0.15, 0.2) is 12.7 Å². The van der Waals surface area contributed by atoms with Crippen molar-refractivity contribution >= 4 is 5.91 Å². The minimum Gasteiger partial charge on any atom is -1.00 e. The second-order valence-corrected chi connectivity index (χ2v) is 7.39. The van der Waals surface area contributed by atoms with E-state index in [-0.39, 0.29) is 22.9 Å². The van der Waals surface area contributed by atoms with Gasteiger partial charge in [0.15, 0.2) is 0 Å². The predicted octanol–water partition coefficient (Wildman–Crippen LogP) is 1.68. The van der Waals surface area contributed by atoms with Gasteiger partial charge in [-0.15, -0.1) is 6.58 Å². The molecule has 144 valence electrons. The molecule has 0 aromatic carbocycles. The van der Waals surface area contributed by atoms with Crippen LogP contribution in [0.3, 0.4) is 0 Å². The van der Waals surface area contributed by atoms with Crippen LogP contribution in [-0.2, 0) is 4.79 Å². The normalized spacial score (nSPS) is 11.0. The summed E-state index contributed by atoms with van der Waals surface area (Å²) in [4.78, 5) is 11.8. The largest absolute Gasteiger partial charge is 1.00 e. The highest BCUT2D eigenvalue weighted by molar-refractivity contribution is 5.75. The maximum atomic E-state index is 11.8. The molecule has 0 saturated heterocycles. The summed E-state index contributed by atoms with van der Waals surface area (Å²) in [6.07, 6.45) is 15.0. The first kappa shape index (κ1) is 25.9. The van der Waals surface area contributed by atoms with Crippen LogP contribution in [0.25, 0.3) is 0 Å². The lowest BCUT2D eigenvalue weighted by Gasteiger charge is -2.29.